The molecule has 0 saturated carbocycles. The van der Waals surface area contributed by atoms with Gasteiger partial charge in [0.15, 0.2) is 11.6 Å². The molecule has 20 nitrogen and oxygen atoms in total. The summed E-state index contributed by atoms with van der Waals surface area (Å²) in [5.74, 6) is -6.97. The Kier molecular flexibility index (Phi) is 22.7. The van der Waals surface area contributed by atoms with Gasteiger partial charge >= 0.3 is 7.82 Å². The molecular formula is C42H65N6O14P. The topological polar surface area (TPSA) is 299 Å². The number of likely N-dealkylation sites (tertiary alicyclic amines) is 1. The summed E-state index contributed by atoms with van der Waals surface area (Å²) in [5, 5.41) is 15.4. The number of hydrogen-bond donors (Lipinski definition) is 7. The molecule has 1 aromatic carbocycles. The number of rotatable bonds is 31. The smallest absolute Gasteiger partial charge is 0.394 e. The number of phosphoric ester groups is 1. The van der Waals surface area contributed by atoms with Crippen LogP contribution in [0.4, 0.5) is 0 Å². The molecule has 21 heteroatoms. The van der Waals surface area contributed by atoms with Crippen LogP contribution in [0.25, 0.3) is 0 Å². The normalized spacial score (nSPS) is 17.7. The fraction of sp³-hybridized carbons (Fsp3) is 0.643. The van der Waals surface area contributed by atoms with Crippen molar-refractivity contribution >= 4 is 43.0 Å². The van der Waals surface area contributed by atoms with Crippen molar-refractivity contribution in [2.24, 2.45) is 23.5 Å². The zero-order valence-corrected chi connectivity index (χ0v) is 37.4. The first-order valence-electron chi connectivity index (χ1n) is 21.2. The van der Waals surface area contributed by atoms with E-state index in [1.165, 1.54) is 30.1 Å². The third-order valence-corrected chi connectivity index (χ3v) is 11.2. The lowest BCUT2D eigenvalue weighted by molar-refractivity contribution is -0.140. The van der Waals surface area contributed by atoms with Crippen LogP contribution < -0.4 is 16.4 Å². The molecule has 0 bridgehead atoms. The second-order valence-electron chi connectivity index (χ2n) is 16.2. The first-order valence-corrected chi connectivity index (χ1v) is 22.7. The maximum absolute atomic E-state index is 14.2. The van der Waals surface area contributed by atoms with Crippen LogP contribution in [0, 0.1) is 17.8 Å². The average Bonchev–Trinajstić information content (AvgIpc) is 3.91. The molecule has 1 unspecified atom stereocenters. The van der Waals surface area contributed by atoms with Crippen molar-refractivity contribution in [1.29, 1.82) is 0 Å². The van der Waals surface area contributed by atoms with Gasteiger partial charge in [-0.1, -0.05) is 44.2 Å². The molecule has 1 saturated heterocycles. The van der Waals surface area contributed by atoms with E-state index in [1.807, 2.05) is 32.0 Å². The highest BCUT2D eigenvalue weighted by molar-refractivity contribution is 7.46. The number of aromatic nitrogens is 2. The van der Waals surface area contributed by atoms with Crippen molar-refractivity contribution in [3.8, 4) is 0 Å². The van der Waals surface area contributed by atoms with Gasteiger partial charge in [0.05, 0.1) is 69.3 Å². The number of carbonyl (C=O) groups is 6. The van der Waals surface area contributed by atoms with Gasteiger partial charge in [0.1, 0.15) is 12.1 Å². The Morgan fingerprint density at radius 2 is 1.68 bits per heavy atom. The minimum atomic E-state index is -5.07. The Morgan fingerprint density at radius 3 is 2.30 bits per heavy atom. The molecule has 1 aliphatic rings. The number of nitrogens with one attached hydrogen (secondary N) is 3. The number of aryl methyl sites for hydroxylation is 1. The van der Waals surface area contributed by atoms with E-state index < -0.39 is 98.7 Å². The highest BCUT2D eigenvalue weighted by Gasteiger charge is 2.42. The van der Waals surface area contributed by atoms with Gasteiger partial charge in [0.25, 0.3) is 0 Å². The summed E-state index contributed by atoms with van der Waals surface area (Å²) in [7, 11) is -3.53. The number of nitrogens with two attached hydrogens (primary N) is 1. The number of methoxy groups -OCH3 is 1. The van der Waals surface area contributed by atoms with Gasteiger partial charge in [0.2, 0.25) is 23.6 Å². The highest BCUT2D eigenvalue weighted by Crippen LogP contribution is 2.39. The van der Waals surface area contributed by atoms with Gasteiger partial charge in [-0.2, -0.15) is 0 Å². The van der Waals surface area contributed by atoms with E-state index in [0.29, 0.717) is 25.5 Å². The van der Waals surface area contributed by atoms with Gasteiger partial charge in [-0.05, 0) is 44.1 Å². The molecule has 1 fully saturated rings. The number of phosphoric acid groups is 1. The summed E-state index contributed by atoms with van der Waals surface area (Å²) < 4.78 is 32.6. The molecule has 1 aromatic heterocycles. The molecule has 1 aliphatic heterocycles. The van der Waals surface area contributed by atoms with Crippen molar-refractivity contribution in [3.63, 3.8) is 0 Å². The van der Waals surface area contributed by atoms with Crippen molar-refractivity contribution in [1.82, 2.24) is 25.5 Å². The van der Waals surface area contributed by atoms with Crippen LogP contribution in [0.3, 0.4) is 0 Å². The number of Topliss-reactive ketones (excluding diaryl/α,β-unsaturated/α-hetero) is 2. The summed E-state index contributed by atoms with van der Waals surface area (Å²) in [6.45, 7) is 5.31. The van der Waals surface area contributed by atoms with Crippen molar-refractivity contribution in [3.05, 3.63) is 54.1 Å². The zero-order valence-electron chi connectivity index (χ0n) is 36.5. The molecule has 2 heterocycles. The Labute approximate surface area is 368 Å². The van der Waals surface area contributed by atoms with E-state index in [0.717, 1.165) is 26.2 Å². The van der Waals surface area contributed by atoms with Gasteiger partial charge in [0, 0.05) is 57.8 Å². The molecule has 8 N–H and O–H groups in total. The van der Waals surface area contributed by atoms with E-state index in [9.17, 15) is 48.2 Å². The number of amides is 4. The van der Waals surface area contributed by atoms with Crippen LogP contribution in [0.5, 0.6) is 0 Å². The largest absolute Gasteiger partial charge is 0.469 e. The molecular weight excluding hydrogens is 843 g/mol. The fourth-order valence-corrected chi connectivity index (χ4v) is 7.87. The van der Waals surface area contributed by atoms with Gasteiger partial charge in [-0.3, -0.25) is 33.3 Å². The van der Waals surface area contributed by atoms with Crippen LogP contribution in [-0.2, 0) is 64.9 Å². The molecule has 3 rings (SSSR count). The number of primary amides is 1. The molecule has 0 radical (unpaired) electrons. The third-order valence-electron chi connectivity index (χ3n) is 10.6. The molecule has 2 aromatic rings. The Bertz CT molecular complexity index is 1800. The molecule has 63 heavy (non-hydrogen) atoms. The minimum Gasteiger partial charge on any atom is -0.394 e. The van der Waals surface area contributed by atoms with Crippen LogP contribution in [0.15, 0.2) is 42.9 Å². The van der Waals surface area contributed by atoms with Gasteiger partial charge in [-0.25, -0.2) is 9.55 Å². The van der Waals surface area contributed by atoms with Crippen molar-refractivity contribution in [2.75, 3.05) is 46.7 Å². The lowest BCUT2D eigenvalue weighted by atomic mass is 9.89. The molecule has 4 amide bonds. The highest BCUT2D eigenvalue weighted by atomic mass is 31.2. The fourth-order valence-electron chi connectivity index (χ4n) is 7.29. The number of imidazole rings is 1. The number of aliphatic hydroxyl groups excluding tert-OH is 1. The monoisotopic (exact) mass is 908 g/mol. The molecule has 7 atom stereocenters. The Balaban J connectivity index is 1.76. The van der Waals surface area contributed by atoms with E-state index in [4.69, 9.17) is 19.9 Å². The Morgan fingerprint density at radius 1 is 0.968 bits per heavy atom. The van der Waals surface area contributed by atoms with Gasteiger partial charge in [-0.15, -0.1) is 0 Å². The van der Waals surface area contributed by atoms with Crippen LogP contribution in [0.2, 0.25) is 0 Å². The minimum absolute atomic E-state index is 0.0107. The summed E-state index contributed by atoms with van der Waals surface area (Å²) >= 11 is 0. The van der Waals surface area contributed by atoms with E-state index in [2.05, 4.69) is 37.3 Å². The van der Waals surface area contributed by atoms with Crippen LogP contribution in [-0.4, -0.2) is 142 Å². The van der Waals surface area contributed by atoms with Crippen LogP contribution in [0.1, 0.15) is 77.0 Å². The van der Waals surface area contributed by atoms with E-state index >= 15 is 0 Å². The van der Waals surface area contributed by atoms with E-state index in [-0.39, 0.29) is 50.7 Å². The maximum atomic E-state index is 14.2. The number of ether oxygens (including phenoxy) is 3. The predicted molar refractivity (Wildman–Crippen MR) is 227 cm³/mol. The third kappa shape index (κ3) is 19.1. The first kappa shape index (κ1) is 52.9. The van der Waals surface area contributed by atoms with Crippen LogP contribution >= 0.6 is 7.82 Å². The lowest BCUT2D eigenvalue weighted by Crippen LogP contribution is -2.52. The zero-order chi connectivity index (χ0) is 46.5. The number of benzene rings is 1. The second-order valence-corrected chi connectivity index (χ2v) is 17.3. The number of nitrogens with zero attached hydrogens (tertiary/aromatic N) is 2. The maximum Gasteiger partial charge on any atom is 0.469 e. The predicted octanol–water partition coefficient (Wildman–Crippen LogP) is 1.16. The number of aliphatic hydroxyl groups is 1. The quantitative estimate of drug-likeness (QED) is 0.0413. The second kappa shape index (κ2) is 27.0. The Hall–Kier alpha value is -4.40. The summed E-state index contributed by atoms with van der Waals surface area (Å²) in [4.78, 5) is 108. The number of carbonyl (C=O) groups excluding carboxylic acids is 6. The van der Waals surface area contributed by atoms with Crippen molar-refractivity contribution < 1.29 is 67.0 Å². The number of aromatic amines is 1. The molecule has 0 spiro atoms. The first-order chi connectivity index (χ1) is 29.9. The lowest BCUT2D eigenvalue weighted by Gasteiger charge is -2.28. The van der Waals surface area contributed by atoms with Gasteiger partial charge < -0.3 is 55.4 Å². The average molecular weight is 909 g/mol. The summed E-state index contributed by atoms with van der Waals surface area (Å²) in [6.07, 6.45) is 2.63. The van der Waals surface area contributed by atoms with E-state index in [1.54, 1.807) is 0 Å². The summed E-state index contributed by atoms with van der Waals surface area (Å²) in [5.41, 5.74) is 7.08. The number of hydrogen-bond acceptors (Lipinski definition) is 13. The summed E-state index contributed by atoms with van der Waals surface area (Å²) in [6, 6.07) is 6.45. The standard InChI is InChI=1S/C42H65N6O14P/c1-27(2)18-34(46-42(55)36-21-32(24-48(36)39(52)13-15-60-17-16-59-4)61-14-9-8-12-29-10-6-5-7-11-29)37(50)20-30(19-31-23-44-26-45-31)41(54)47-35(25-49)38(51)22-33(40(43)53)28(3)62-63(56,57)58/h5-7,10-11,23,26-28,30,32-36,49H,8-9,12-22,24-25H2,1-4H3,(H2,43,53)(H,44,45)(H,46,55)(H,47,54)(H2,56,57,58)/t28-,30-,32-,33+,34+,35+,36?/m1/s1. The molecule has 0 aliphatic carbocycles. The number of unbranched alkanes of at least 4 members (excludes halogenated alkanes) is 1. The van der Waals surface area contributed by atoms with Crippen molar-refractivity contribution in [2.45, 2.75) is 109 Å². The SMILES string of the molecule is COCCOCCC(=O)N1C[C@H](OCCCCc2ccccc2)CC1C(=O)N[C@@H](CC(C)C)C(=O)C[C@@H](Cc1cnc[nH]1)C(=O)N[C@@H](CO)C(=O)C[C@H](C(N)=O)[C@@H](C)OP(=O)(O)O. The number of ketones is 2. The molecule has 352 valence electrons. The number of H-pyrrole nitrogens is 1.